The Bertz CT molecular complexity index is 381. The number of hydrogen-bond acceptors (Lipinski definition) is 4. The highest BCUT2D eigenvalue weighted by Crippen LogP contribution is 2.41. The molecule has 0 radical (unpaired) electrons. The smallest absolute Gasteiger partial charge is 0.163 e. The second-order valence-corrected chi connectivity index (χ2v) is 4.37. The zero-order valence-electron chi connectivity index (χ0n) is 9.40. The molecule has 0 saturated heterocycles. The molecule has 0 saturated carbocycles. The van der Waals surface area contributed by atoms with Crippen LogP contribution in [0.25, 0.3) is 0 Å². The molecule has 2 aliphatic rings. The van der Waals surface area contributed by atoms with Crippen molar-refractivity contribution >= 4 is 5.69 Å². The Balaban J connectivity index is 2.11. The number of fused-ring (bicyclic) bond motifs is 2. The van der Waals surface area contributed by atoms with Gasteiger partial charge < -0.3 is 20.1 Å². The van der Waals surface area contributed by atoms with E-state index in [1.54, 1.807) is 0 Å². The van der Waals surface area contributed by atoms with Gasteiger partial charge in [0.15, 0.2) is 11.5 Å². The predicted octanol–water partition coefficient (Wildman–Crippen LogP) is 1.30. The summed E-state index contributed by atoms with van der Waals surface area (Å²) in [6.45, 7) is 2.24. The number of benzene rings is 1. The molecule has 1 aromatic carbocycles. The van der Waals surface area contributed by atoms with Crippen LogP contribution < -0.4 is 20.1 Å². The van der Waals surface area contributed by atoms with Crippen LogP contribution in [-0.4, -0.2) is 26.8 Å². The van der Waals surface area contributed by atoms with Gasteiger partial charge in [-0.15, -0.1) is 0 Å². The maximum Gasteiger partial charge on any atom is 0.163 e. The summed E-state index contributed by atoms with van der Waals surface area (Å²) in [6, 6.07) is 4.19. The monoisotopic (exact) mass is 220 g/mol. The molecule has 0 spiro atoms. The zero-order valence-corrected chi connectivity index (χ0v) is 9.40. The first-order valence-corrected chi connectivity index (χ1v) is 5.66. The zero-order chi connectivity index (χ0) is 11.1. The quantitative estimate of drug-likeness (QED) is 0.716. The second kappa shape index (κ2) is 3.56. The molecule has 86 valence electrons. The predicted molar refractivity (Wildman–Crippen MR) is 62.2 cm³/mol. The van der Waals surface area contributed by atoms with E-state index in [0.717, 1.165) is 30.0 Å². The highest BCUT2D eigenvalue weighted by atomic mass is 16.6. The summed E-state index contributed by atoms with van der Waals surface area (Å²) in [4.78, 5) is 2.22. The van der Waals surface area contributed by atoms with Gasteiger partial charge in [0.2, 0.25) is 0 Å². The Hall–Kier alpha value is -1.42. The Kier molecular flexibility index (Phi) is 2.17. The first-order chi connectivity index (χ1) is 7.75. The summed E-state index contributed by atoms with van der Waals surface area (Å²) in [5.41, 5.74) is 8.45. The highest BCUT2D eigenvalue weighted by molar-refractivity contribution is 5.64. The molecular formula is C12H16N2O2. The molecule has 0 aromatic heterocycles. The largest absolute Gasteiger partial charge is 0.486 e. The Morgan fingerprint density at radius 3 is 2.69 bits per heavy atom. The molecule has 2 aliphatic heterocycles. The van der Waals surface area contributed by atoms with Crippen molar-refractivity contribution in [3.05, 3.63) is 17.7 Å². The van der Waals surface area contributed by atoms with Crippen molar-refractivity contribution in [2.24, 2.45) is 5.73 Å². The average Bonchev–Trinajstić information content (AvgIpc) is 2.32. The molecule has 1 unspecified atom stereocenters. The molecule has 0 bridgehead atoms. The number of nitrogens with zero attached hydrogens (tertiary/aromatic N) is 1. The SMILES string of the molecule is CN1CCC(N)c2cc3c(cc21)OCCO3. The molecule has 16 heavy (non-hydrogen) atoms. The summed E-state index contributed by atoms with van der Waals surface area (Å²) >= 11 is 0. The van der Waals surface area contributed by atoms with E-state index in [0.29, 0.717) is 13.2 Å². The van der Waals surface area contributed by atoms with Crippen LogP contribution in [0.15, 0.2) is 12.1 Å². The third-order valence-electron chi connectivity index (χ3n) is 3.28. The average molecular weight is 220 g/mol. The highest BCUT2D eigenvalue weighted by Gasteiger charge is 2.24. The van der Waals surface area contributed by atoms with Gasteiger partial charge in [0, 0.05) is 31.4 Å². The van der Waals surface area contributed by atoms with E-state index in [1.165, 1.54) is 5.69 Å². The molecule has 2 heterocycles. The van der Waals surface area contributed by atoms with Gasteiger partial charge in [-0.1, -0.05) is 0 Å². The molecule has 0 aliphatic carbocycles. The van der Waals surface area contributed by atoms with Crippen molar-refractivity contribution in [2.75, 3.05) is 31.7 Å². The maximum atomic E-state index is 6.12. The third kappa shape index (κ3) is 1.41. The van der Waals surface area contributed by atoms with Crippen LogP contribution in [0.4, 0.5) is 5.69 Å². The van der Waals surface area contributed by atoms with Crippen molar-refractivity contribution in [1.29, 1.82) is 0 Å². The molecule has 0 fully saturated rings. The van der Waals surface area contributed by atoms with E-state index in [4.69, 9.17) is 15.2 Å². The molecule has 4 nitrogen and oxygen atoms in total. The molecule has 3 rings (SSSR count). The van der Waals surface area contributed by atoms with Crippen molar-refractivity contribution in [3.63, 3.8) is 0 Å². The fourth-order valence-corrected chi connectivity index (χ4v) is 2.33. The Labute approximate surface area is 94.9 Å². The van der Waals surface area contributed by atoms with Gasteiger partial charge in [0.25, 0.3) is 0 Å². The first kappa shape index (κ1) is 9.78. The van der Waals surface area contributed by atoms with Gasteiger partial charge >= 0.3 is 0 Å². The van der Waals surface area contributed by atoms with E-state index >= 15 is 0 Å². The number of ether oxygens (including phenoxy) is 2. The molecule has 2 N–H and O–H groups in total. The minimum atomic E-state index is 0.113. The van der Waals surface area contributed by atoms with Crippen molar-refractivity contribution in [3.8, 4) is 11.5 Å². The van der Waals surface area contributed by atoms with Crippen molar-refractivity contribution in [2.45, 2.75) is 12.5 Å². The van der Waals surface area contributed by atoms with Crippen LogP contribution in [0.5, 0.6) is 11.5 Å². The van der Waals surface area contributed by atoms with Crippen LogP contribution in [0.2, 0.25) is 0 Å². The summed E-state index contributed by atoms with van der Waals surface area (Å²) in [6.07, 6.45) is 0.989. The minimum absolute atomic E-state index is 0.113. The van der Waals surface area contributed by atoms with Crippen LogP contribution in [0.3, 0.4) is 0 Å². The fraction of sp³-hybridized carbons (Fsp3) is 0.500. The van der Waals surface area contributed by atoms with Crippen molar-refractivity contribution < 1.29 is 9.47 Å². The van der Waals surface area contributed by atoms with Gasteiger partial charge in [-0.25, -0.2) is 0 Å². The van der Waals surface area contributed by atoms with Gasteiger partial charge in [-0.05, 0) is 18.1 Å². The molecule has 1 atom stereocenters. The van der Waals surface area contributed by atoms with Crippen LogP contribution in [0, 0.1) is 0 Å². The third-order valence-corrected chi connectivity index (χ3v) is 3.28. The van der Waals surface area contributed by atoms with Gasteiger partial charge in [-0.2, -0.15) is 0 Å². The van der Waals surface area contributed by atoms with E-state index in [-0.39, 0.29) is 6.04 Å². The Morgan fingerprint density at radius 2 is 1.94 bits per heavy atom. The lowest BCUT2D eigenvalue weighted by atomic mass is 9.97. The van der Waals surface area contributed by atoms with E-state index in [1.807, 2.05) is 12.1 Å². The minimum Gasteiger partial charge on any atom is -0.486 e. The summed E-state index contributed by atoms with van der Waals surface area (Å²) < 4.78 is 11.2. The second-order valence-electron chi connectivity index (χ2n) is 4.37. The Morgan fingerprint density at radius 1 is 1.25 bits per heavy atom. The van der Waals surface area contributed by atoms with Gasteiger partial charge in [0.05, 0.1) is 0 Å². The number of rotatable bonds is 0. The van der Waals surface area contributed by atoms with Gasteiger partial charge in [-0.3, -0.25) is 0 Å². The summed E-state index contributed by atoms with van der Waals surface area (Å²) in [7, 11) is 2.08. The number of nitrogens with two attached hydrogens (primary N) is 1. The maximum absolute atomic E-state index is 6.12. The van der Waals surface area contributed by atoms with Crippen LogP contribution >= 0.6 is 0 Å². The molecule has 0 amide bonds. The summed E-state index contributed by atoms with van der Waals surface area (Å²) in [5, 5.41) is 0. The summed E-state index contributed by atoms with van der Waals surface area (Å²) in [5.74, 6) is 1.67. The van der Waals surface area contributed by atoms with E-state index in [2.05, 4.69) is 11.9 Å². The van der Waals surface area contributed by atoms with Crippen LogP contribution in [0.1, 0.15) is 18.0 Å². The number of hydrogen-bond donors (Lipinski definition) is 1. The first-order valence-electron chi connectivity index (χ1n) is 5.66. The van der Waals surface area contributed by atoms with E-state index < -0.39 is 0 Å². The van der Waals surface area contributed by atoms with Crippen molar-refractivity contribution in [1.82, 2.24) is 0 Å². The fourth-order valence-electron chi connectivity index (χ4n) is 2.33. The lowest BCUT2D eigenvalue weighted by Gasteiger charge is -2.33. The lowest BCUT2D eigenvalue weighted by molar-refractivity contribution is 0.171. The molecule has 1 aromatic rings. The normalized spacial score (nSPS) is 22.9. The van der Waals surface area contributed by atoms with Gasteiger partial charge in [0.1, 0.15) is 13.2 Å². The van der Waals surface area contributed by atoms with E-state index in [9.17, 15) is 0 Å². The molecular weight excluding hydrogens is 204 g/mol. The van der Waals surface area contributed by atoms with Crippen LogP contribution in [-0.2, 0) is 0 Å². The lowest BCUT2D eigenvalue weighted by Crippen LogP contribution is -2.31. The number of anilines is 1. The molecule has 4 heteroatoms. The topological polar surface area (TPSA) is 47.7 Å². The standard InChI is InChI=1S/C12H16N2O2/c1-14-3-2-9(13)8-6-11-12(7-10(8)14)16-5-4-15-11/h6-7,9H,2-5,13H2,1H3.